The van der Waals surface area contributed by atoms with Gasteiger partial charge in [-0.1, -0.05) is 400 Å². The zero-order chi connectivity index (χ0) is 74.6. The number of carbonyl (C=O) groups excluding carboxylic acids is 4. The molecule has 0 heterocycles. The Labute approximate surface area is 626 Å². The van der Waals surface area contributed by atoms with Gasteiger partial charge in [0.15, 0.2) is 12.2 Å². The number of aliphatic hydroxyl groups excluding tert-OH is 1. The van der Waals surface area contributed by atoms with Crippen LogP contribution in [0.4, 0.5) is 0 Å². The smallest absolute Gasteiger partial charge is 0.462 e. The summed E-state index contributed by atoms with van der Waals surface area (Å²) in [5.74, 6) is -2.10. The van der Waals surface area contributed by atoms with Crippen LogP contribution in [0.5, 0.6) is 0 Å². The summed E-state index contributed by atoms with van der Waals surface area (Å²) < 4.78 is 68.8. The lowest BCUT2D eigenvalue weighted by atomic mass is 10.0. The fraction of sp³-hybridized carbons (Fsp3) is 0.952. The number of esters is 4. The first kappa shape index (κ1) is 100. The summed E-state index contributed by atoms with van der Waals surface area (Å²) in [6.07, 6.45) is 70.6. The van der Waals surface area contributed by atoms with Crippen LogP contribution in [0.2, 0.25) is 0 Å². The first-order valence-electron chi connectivity index (χ1n) is 43.3. The minimum atomic E-state index is -4.96. The molecule has 606 valence electrons. The van der Waals surface area contributed by atoms with E-state index in [1.165, 1.54) is 283 Å². The Morgan fingerprint density at radius 2 is 0.392 bits per heavy atom. The first-order chi connectivity index (χ1) is 49.7. The highest BCUT2D eigenvalue weighted by Crippen LogP contribution is 2.45. The quantitative estimate of drug-likeness (QED) is 0.0222. The van der Waals surface area contributed by atoms with Crippen molar-refractivity contribution in [1.29, 1.82) is 0 Å². The van der Waals surface area contributed by atoms with Gasteiger partial charge in [-0.3, -0.25) is 37.3 Å². The Hall–Kier alpha value is -1.94. The third-order valence-corrected chi connectivity index (χ3v) is 21.5. The van der Waals surface area contributed by atoms with Crippen molar-refractivity contribution < 1.29 is 80.2 Å². The van der Waals surface area contributed by atoms with E-state index in [2.05, 4.69) is 27.7 Å². The van der Waals surface area contributed by atoms with Crippen molar-refractivity contribution in [2.45, 2.75) is 470 Å². The molecule has 0 spiro atoms. The van der Waals surface area contributed by atoms with Gasteiger partial charge in [0, 0.05) is 25.7 Å². The Morgan fingerprint density at radius 1 is 0.235 bits per heavy atom. The third kappa shape index (κ3) is 76.3. The molecule has 19 heteroatoms. The fourth-order valence-electron chi connectivity index (χ4n) is 13.0. The van der Waals surface area contributed by atoms with E-state index in [-0.39, 0.29) is 25.7 Å². The summed E-state index contributed by atoms with van der Waals surface area (Å²) in [5.41, 5.74) is 0. The highest BCUT2D eigenvalue weighted by molar-refractivity contribution is 7.47. The van der Waals surface area contributed by atoms with E-state index in [0.717, 1.165) is 89.9 Å². The summed E-state index contributed by atoms with van der Waals surface area (Å²) in [5, 5.41) is 10.7. The van der Waals surface area contributed by atoms with E-state index in [9.17, 15) is 43.2 Å². The van der Waals surface area contributed by atoms with Crippen LogP contribution < -0.4 is 0 Å². The molecule has 0 bridgehead atoms. The maximum atomic E-state index is 13.1. The van der Waals surface area contributed by atoms with Gasteiger partial charge in [-0.05, 0) is 25.7 Å². The molecule has 0 saturated heterocycles. The zero-order valence-corrected chi connectivity index (χ0v) is 68.4. The van der Waals surface area contributed by atoms with E-state index in [4.69, 9.17) is 37.0 Å². The van der Waals surface area contributed by atoms with Crippen molar-refractivity contribution in [3.05, 3.63) is 0 Å². The largest absolute Gasteiger partial charge is 0.472 e. The number of phosphoric ester groups is 2. The number of aliphatic hydroxyl groups is 1. The SMILES string of the molecule is CCCCCCCCCCCCCCCCCCCC(=O)OC[C@H](COP(=O)(O)OCC(O)COP(=O)(O)OC[C@@H](COC(=O)CCCCCCCCCCCCCCC)OC(=O)CCCCCCCCCCCCCCCCC)OC(=O)CCCCCCCCCCCCCCCCCCC. The van der Waals surface area contributed by atoms with Crippen LogP contribution >= 0.6 is 15.6 Å². The van der Waals surface area contributed by atoms with Gasteiger partial charge in [0.2, 0.25) is 0 Å². The van der Waals surface area contributed by atoms with Gasteiger partial charge in [0.1, 0.15) is 19.3 Å². The highest BCUT2D eigenvalue weighted by Gasteiger charge is 2.30. The molecule has 0 amide bonds. The monoisotopic (exact) mass is 1490 g/mol. The van der Waals surface area contributed by atoms with Gasteiger partial charge in [-0.2, -0.15) is 0 Å². The second-order valence-corrected chi connectivity index (χ2v) is 32.8. The Bertz CT molecular complexity index is 1930. The predicted molar refractivity (Wildman–Crippen MR) is 419 cm³/mol. The number of ether oxygens (including phenoxy) is 4. The lowest BCUT2D eigenvalue weighted by molar-refractivity contribution is -0.161. The van der Waals surface area contributed by atoms with Crippen molar-refractivity contribution in [3.8, 4) is 0 Å². The topological polar surface area (TPSA) is 237 Å². The fourth-order valence-corrected chi connectivity index (χ4v) is 14.6. The number of carbonyl (C=O) groups is 4. The third-order valence-electron chi connectivity index (χ3n) is 19.6. The molecule has 0 fully saturated rings. The molecule has 0 rings (SSSR count). The maximum absolute atomic E-state index is 13.1. The summed E-state index contributed by atoms with van der Waals surface area (Å²) in [6.45, 7) is 5.06. The van der Waals surface area contributed by atoms with Crippen LogP contribution in [0.3, 0.4) is 0 Å². The molecule has 0 saturated carbocycles. The van der Waals surface area contributed by atoms with E-state index in [1.54, 1.807) is 0 Å². The summed E-state index contributed by atoms with van der Waals surface area (Å²) in [6, 6.07) is 0. The molecular weight excluding hydrogens is 1330 g/mol. The van der Waals surface area contributed by atoms with Crippen molar-refractivity contribution in [2.24, 2.45) is 0 Å². The molecule has 17 nitrogen and oxygen atoms in total. The molecule has 0 aliphatic rings. The Balaban J connectivity index is 5.26. The molecule has 3 unspecified atom stereocenters. The van der Waals surface area contributed by atoms with Gasteiger partial charge in [-0.25, -0.2) is 9.13 Å². The van der Waals surface area contributed by atoms with Gasteiger partial charge in [-0.15, -0.1) is 0 Å². The molecule has 5 atom stereocenters. The normalized spacial score (nSPS) is 13.8. The molecule has 102 heavy (non-hydrogen) atoms. The summed E-state index contributed by atoms with van der Waals surface area (Å²) in [4.78, 5) is 73.2. The molecular formula is C83H162O17P2. The van der Waals surface area contributed by atoms with E-state index < -0.39 is 97.5 Å². The van der Waals surface area contributed by atoms with Crippen molar-refractivity contribution >= 4 is 39.5 Å². The lowest BCUT2D eigenvalue weighted by Gasteiger charge is -2.21. The van der Waals surface area contributed by atoms with Crippen LogP contribution in [0.1, 0.15) is 451 Å². The van der Waals surface area contributed by atoms with E-state index in [0.29, 0.717) is 25.7 Å². The van der Waals surface area contributed by atoms with Crippen LogP contribution in [-0.4, -0.2) is 96.7 Å². The molecule has 0 aliphatic heterocycles. The Morgan fingerprint density at radius 3 is 0.578 bits per heavy atom. The number of rotatable bonds is 84. The Kier molecular flexibility index (Phi) is 75.8. The van der Waals surface area contributed by atoms with Gasteiger partial charge >= 0.3 is 39.5 Å². The number of hydrogen-bond acceptors (Lipinski definition) is 15. The lowest BCUT2D eigenvalue weighted by Crippen LogP contribution is -2.30. The molecule has 3 N–H and O–H groups in total. The average molecular weight is 1490 g/mol. The molecule has 0 aromatic rings. The number of hydrogen-bond donors (Lipinski definition) is 3. The highest BCUT2D eigenvalue weighted by atomic mass is 31.2. The predicted octanol–water partition coefficient (Wildman–Crippen LogP) is 25.4. The van der Waals surface area contributed by atoms with Crippen LogP contribution in [0.25, 0.3) is 0 Å². The average Bonchev–Trinajstić information content (AvgIpc) is 0.943. The van der Waals surface area contributed by atoms with Crippen molar-refractivity contribution in [2.75, 3.05) is 39.6 Å². The summed E-state index contributed by atoms with van der Waals surface area (Å²) >= 11 is 0. The maximum Gasteiger partial charge on any atom is 0.472 e. The number of phosphoric acid groups is 2. The molecule has 0 aromatic heterocycles. The minimum Gasteiger partial charge on any atom is -0.462 e. The second kappa shape index (κ2) is 77.2. The molecule has 0 aromatic carbocycles. The minimum absolute atomic E-state index is 0.109. The van der Waals surface area contributed by atoms with E-state index in [1.807, 2.05) is 0 Å². The van der Waals surface area contributed by atoms with Crippen molar-refractivity contribution in [1.82, 2.24) is 0 Å². The first-order valence-corrected chi connectivity index (χ1v) is 46.3. The van der Waals surface area contributed by atoms with Crippen LogP contribution in [-0.2, 0) is 65.4 Å². The molecule has 0 aliphatic carbocycles. The molecule has 0 radical (unpaired) electrons. The summed E-state index contributed by atoms with van der Waals surface area (Å²) in [7, 11) is -9.92. The number of unbranched alkanes of at least 4 members (excludes halogenated alkanes) is 58. The van der Waals surface area contributed by atoms with Gasteiger partial charge in [0.25, 0.3) is 0 Å². The zero-order valence-electron chi connectivity index (χ0n) is 66.6. The van der Waals surface area contributed by atoms with Crippen molar-refractivity contribution in [3.63, 3.8) is 0 Å². The van der Waals surface area contributed by atoms with Gasteiger partial charge < -0.3 is 33.8 Å². The van der Waals surface area contributed by atoms with Gasteiger partial charge in [0.05, 0.1) is 26.4 Å². The van der Waals surface area contributed by atoms with Crippen LogP contribution in [0, 0.1) is 0 Å². The standard InChI is InChI=1S/C83H162O17P2/c1-5-9-13-17-21-25-29-33-36-38-41-44-48-52-56-60-64-68-81(86)94-74-79(100-83(88)70-66-62-58-54-50-46-42-39-37-34-30-26-22-18-14-10-6-2)76-98-102(91,92)96-72-77(84)71-95-101(89,90)97-75-78(73-93-80(85)67-63-59-55-51-47-43-32-28-24-20-16-12-8-4)99-82(87)69-65-61-57-53-49-45-40-35-31-27-23-19-15-11-7-3/h77-79,84H,5-76H2,1-4H3,(H,89,90)(H,91,92)/t77?,78-,79-/m1/s1. The second-order valence-electron chi connectivity index (χ2n) is 29.9. The van der Waals surface area contributed by atoms with E-state index >= 15 is 0 Å². The van der Waals surface area contributed by atoms with Crippen LogP contribution in [0.15, 0.2) is 0 Å².